The molecule has 0 aliphatic carbocycles. The first-order valence-corrected chi connectivity index (χ1v) is 9.69. The summed E-state index contributed by atoms with van der Waals surface area (Å²) in [4.78, 5) is 30.7. The Kier molecular flexibility index (Phi) is 7.65. The molecule has 0 saturated carbocycles. The van der Waals surface area contributed by atoms with Crippen molar-refractivity contribution in [1.82, 2.24) is 15.2 Å². The summed E-state index contributed by atoms with van der Waals surface area (Å²) in [6.07, 6.45) is 4.86. The van der Waals surface area contributed by atoms with E-state index in [1.54, 1.807) is 12.3 Å². The molecule has 2 saturated heterocycles. The van der Waals surface area contributed by atoms with Crippen molar-refractivity contribution in [2.45, 2.75) is 51.0 Å². The number of carbonyl (C=O) groups excluding carboxylic acids is 2. The number of thiazole rings is 1. The molecule has 25 heavy (non-hydrogen) atoms. The summed E-state index contributed by atoms with van der Waals surface area (Å²) < 4.78 is 5.00. The molecule has 6 nitrogen and oxygen atoms in total. The lowest BCUT2D eigenvalue weighted by molar-refractivity contribution is -0.132. The van der Waals surface area contributed by atoms with Crippen LogP contribution >= 0.6 is 23.7 Å². The Bertz CT molecular complexity index is 589. The van der Waals surface area contributed by atoms with E-state index in [9.17, 15) is 9.59 Å². The molecule has 0 bridgehead atoms. The second-order valence-electron chi connectivity index (χ2n) is 6.47. The molecular formula is C17H26ClN3O3S. The molecule has 0 aromatic carbocycles. The Morgan fingerprint density at radius 2 is 2.24 bits per heavy atom. The van der Waals surface area contributed by atoms with Crippen molar-refractivity contribution in [2.75, 3.05) is 26.2 Å². The van der Waals surface area contributed by atoms with Gasteiger partial charge in [-0.15, -0.1) is 23.7 Å². The van der Waals surface area contributed by atoms with Crippen LogP contribution in [0.2, 0.25) is 0 Å². The van der Waals surface area contributed by atoms with Gasteiger partial charge in [0.05, 0.1) is 11.6 Å². The fourth-order valence-corrected chi connectivity index (χ4v) is 4.37. The van der Waals surface area contributed by atoms with Crippen molar-refractivity contribution in [3.63, 3.8) is 0 Å². The number of esters is 1. The zero-order valence-corrected chi connectivity index (χ0v) is 16.2. The van der Waals surface area contributed by atoms with Crippen molar-refractivity contribution in [2.24, 2.45) is 0 Å². The summed E-state index contributed by atoms with van der Waals surface area (Å²) in [5.74, 6) is 0.102. The summed E-state index contributed by atoms with van der Waals surface area (Å²) >= 11 is 1.49. The lowest BCUT2D eigenvalue weighted by atomic mass is 9.98. The Balaban J connectivity index is 0.00000225. The van der Waals surface area contributed by atoms with E-state index in [-0.39, 0.29) is 30.2 Å². The van der Waals surface area contributed by atoms with Crippen LogP contribution in [0.15, 0.2) is 5.38 Å². The number of ether oxygens (including phenoxy) is 1. The zero-order chi connectivity index (χ0) is 16.9. The highest BCUT2D eigenvalue weighted by atomic mass is 35.5. The molecule has 1 amide bonds. The number of aromatic nitrogens is 1. The van der Waals surface area contributed by atoms with Crippen LogP contribution < -0.4 is 5.32 Å². The number of carbonyl (C=O) groups is 2. The average Bonchev–Trinajstić information content (AvgIpc) is 3.27. The zero-order valence-electron chi connectivity index (χ0n) is 14.5. The Morgan fingerprint density at radius 1 is 1.40 bits per heavy atom. The van der Waals surface area contributed by atoms with Gasteiger partial charge in [0.25, 0.3) is 0 Å². The van der Waals surface area contributed by atoms with Gasteiger partial charge in [0.1, 0.15) is 0 Å². The van der Waals surface area contributed by atoms with Crippen molar-refractivity contribution in [3.05, 3.63) is 16.1 Å². The molecule has 140 valence electrons. The maximum atomic E-state index is 12.5. The largest absolute Gasteiger partial charge is 0.461 e. The molecule has 0 spiro atoms. The number of piperidine rings is 1. The number of hydrogen-bond donors (Lipinski definition) is 1. The average molecular weight is 388 g/mol. The predicted molar refractivity (Wildman–Crippen MR) is 99.5 cm³/mol. The van der Waals surface area contributed by atoms with E-state index in [1.807, 2.05) is 4.90 Å². The molecule has 8 heteroatoms. The minimum Gasteiger partial charge on any atom is -0.461 e. The number of nitrogens with zero attached hydrogens (tertiary/aromatic N) is 2. The summed E-state index contributed by atoms with van der Waals surface area (Å²) in [5, 5.41) is 6.09. The van der Waals surface area contributed by atoms with Crippen LogP contribution in [-0.4, -0.2) is 54.0 Å². The third kappa shape index (κ3) is 5.15. The SMILES string of the molecule is CCOC(=O)c1csc(C2CCCN(C(=O)C[C@H]3CCCN3)C2)n1.Cl. The minimum atomic E-state index is -0.365. The third-order valence-corrected chi connectivity index (χ3v) is 5.72. The molecule has 2 aliphatic heterocycles. The van der Waals surface area contributed by atoms with Gasteiger partial charge < -0.3 is 15.0 Å². The predicted octanol–water partition coefficient (Wildman–Crippen LogP) is 2.59. The Labute approximate surface area is 158 Å². The van der Waals surface area contributed by atoms with Crippen molar-refractivity contribution in [1.29, 1.82) is 0 Å². The number of amides is 1. The fraction of sp³-hybridized carbons (Fsp3) is 0.706. The second-order valence-corrected chi connectivity index (χ2v) is 7.36. The van der Waals surface area contributed by atoms with E-state index >= 15 is 0 Å². The summed E-state index contributed by atoms with van der Waals surface area (Å²) in [5.41, 5.74) is 0.385. The first kappa shape index (κ1) is 20.1. The first-order chi connectivity index (χ1) is 11.7. The molecule has 0 radical (unpaired) electrons. The lowest BCUT2D eigenvalue weighted by Crippen LogP contribution is -2.41. The van der Waals surface area contributed by atoms with Crippen LogP contribution in [-0.2, 0) is 9.53 Å². The quantitative estimate of drug-likeness (QED) is 0.786. The van der Waals surface area contributed by atoms with Crippen molar-refractivity contribution < 1.29 is 14.3 Å². The Morgan fingerprint density at radius 3 is 2.96 bits per heavy atom. The maximum absolute atomic E-state index is 12.5. The highest BCUT2D eigenvalue weighted by Gasteiger charge is 2.29. The summed E-state index contributed by atoms with van der Waals surface area (Å²) in [7, 11) is 0. The van der Waals surface area contributed by atoms with Crippen LogP contribution in [0.1, 0.15) is 60.4 Å². The number of halogens is 1. The van der Waals surface area contributed by atoms with Gasteiger partial charge in [0.2, 0.25) is 5.91 Å². The van der Waals surface area contributed by atoms with Gasteiger partial charge >= 0.3 is 5.97 Å². The van der Waals surface area contributed by atoms with Crippen molar-refractivity contribution in [3.8, 4) is 0 Å². The molecular weight excluding hydrogens is 362 g/mol. The monoisotopic (exact) mass is 387 g/mol. The topological polar surface area (TPSA) is 71.5 Å². The van der Waals surface area contributed by atoms with Crippen LogP contribution in [0, 0.1) is 0 Å². The number of nitrogens with one attached hydrogen (secondary N) is 1. The van der Waals surface area contributed by atoms with Gasteiger partial charge in [-0.1, -0.05) is 0 Å². The van der Waals surface area contributed by atoms with E-state index < -0.39 is 0 Å². The van der Waals surface area contributed by atoms with Gasteiger partial charge in [0.15, 0.2) is 5.69 Å². The van der Waals surface area contributed by atoms with E-state index in [1.165, 1.54) is 11.3 Å². The molecule has 2 atom stereocenters. The van der Waals surface area contributed by atoms with Crippen LogP contribution in [0.5, 0.6) is 0 Å². The second kappa shape index (κ2) is 9.50. The van der Waals surface area contributed by atoms with E-state index in [4.69, 9.17) is 4.74 Å². The van der Waals surface area contributed by atoms with Gasteiger partial charge in [0, 0.05) is 36.9 Å². The van der Waals surface area contributed by atoms with E-state index in [2.05, 4.69) is 10.3 Å². The minimum absolute atomic E-state index is 0. The lowest BCUT2D eigenvalue weighted by Gasteiger charge is -2.32. The van der Waals surface area contributed by atoms with Crippen LogP contribution in [0.4, 0.5) is 0 Å². The number of hydrogen-bond acceptors (Lipinski definition) is 6. The standard InChI is InChI=1S/C17H25N3O3S.ClH/c1-2-23-17(22)14-11-24-16(19-14)12-5-4-8-20(10-12)15(21)9-13-6-3-7-18-13;/h11-13,18H,2-10H2,1H3;1H/t12?,13-;/m1./s1. The molecule has 1 aromatic rings. The summed E-state index contributed by atoms with van der Waals surface area (Å²) in [6, 6.07) is 0.341. The van der Waals surface area contributed by atoms with Gasteiger partial charge in [-0.3, -0.25) is 4.79 Å². The molecule has 1 aromatic heterocycles. The molecule has 2 aliphatic rings. The highest BCUT2D eigenvalue weighted by molar-refractivity contribution is 7.09. The van der Waals surface area contributed by atoms with E-state index in [0.29, 0.717) is 31.3 Å². The fourth-order valence-electron chi connectivity index (χ4n) is 3.45. The van der Waals surface area contributed by atoms with Gasteiger partial charge in [-0.25, -0.2) is 9.78 Å². The highest BCUT2D eigenvalue weighted by Crippen LogP contribution is 2.30. The number of rotatable bonds is 5. The van der Waals surface area contributed by atoms with Crippen LogP contribution in [0.3, 0.4) is 0 Å². The van der Waals surface area contributed by atoms with E-state index in [0.717, 1.165) is 43.8 Å². The van der Waals surface area contributed by atoms with Crippen molar-refractivity contribution >= 4 is 35.6 Å². The van der Waals surface area contributed by atoms with Gasteiger partial charge in [-0.05, 0) is 39.2 Å². The molecule has 1 N–H and O–H groups in total. The molecule has 1 unspecified atom stereocenters. The smallest absolute Gasteiger partial charge is 0.357 e. The molecule has 2 fully saturated rings. The summed E-state index contributed by atoms with van der Waals surface area (Å²) in [6.45, 7) is 4.71. The number of likely N-dealkylation sites (tertiary alicyclic amines) is 1. The molecule has 3 rings (SSSR count). The Hall–Kier alpha value is -1.18. The third-order valence-electron chi connectivity index (χ3n) is 4.71. The maximum Gasteiger partial charge on any atom is 0.357 e. The molecule has 3 heterocycles. The van der Waals surface area contributed by atoms with Gasteiger partial charge in [-0.2, -0.15) is 0 Å². The van der Waals surface area contributed by atoms with Crippen LogP contribution in [0.25, 0.3) is 0 Å². The normalized spacial score (nSPS) is 23.2. The first-order valence-electron chi connectivity index (χ1n) is 8.81.